The van der Waals surface area contributed by atoms with E-state index in [9.17, 15) is 14.4 Å². The molecule has 2 heterocycles. The largest absolute Gasteiger partial charge is 0.469 e. The lowest BCUT2D eigenvalue weighted by Gasteiger charge is -2.14. The molecule has 1 aromatic heterocycles. The Morgan fingerprint density at radius 2 is 2.08 bits per heavy atom. The summed E-state index contributed by atoms with van der Waals surface area (Å²) in [6.45, 7) is 0. The predicted octanol–water partition coefficient (Wildman–Crippen LogP) is 4.99. The summed E-state index contributed by atoms with van der Waals surface area (Å²) in [6, 6.07) is 12.2. The van der Waals surface area contributed by atoms with Crippen molar-refractivity contribution in [3.8, 4) is 11.3 Å². The maximum Gasteiger partial charge on any atom is 0.309 e. The van der Waals surface area contributed by atoms with Gasteiger partial charge in [-0.25, -0.2) is 4.98 Å². The van der Waals surface area contributed by atoms with Gasteiger partial charge in [0.25, 0.3) is 0 Å². The Morgan fingerprint density at radius 1 is 1.22 bits per heavy atom. The first-order chi connectivity index (χ1) is 17.9. The molecule has 2 bridgehead atoms. The second-order valence-electron chi connectivity index (χ2n) is 8.56. The van der Waals surface area contributed by atoms with E-state index in [0.717, 1.165) is 11.1 Å². The number of hydrogen-bond acceptors (Lipinski definition) is 5. The van der Waals surface area contributed by atoms with Crippen LogP contribution in [0, 0.1) is 0 Å². The van der Waals surface area contributed by atoms with E-state index in [2.05, 4.69) is 20.6 Å². The maximum absolute atomic E-state index is 12.7. The Bertz CT molecular complexity index is 1360. The van der Waals surface area contributed by atoms with Crippen molar-refractivity contribution < 1.29 is 19.1 Å². The lowest BCUT2D eigenvalue weighted by atomic mass is 10.0. The Labute approximate surface area is 219 Å². The third-order valence-electron chi connectivity index (χ3n) is 5.82. The van der Waals surface area contributed by atoms with Crippen LogP contribution in [0.5, 0.6) is 0 Å². The molecule has 37 heavy (non-hydrogen) atoms. The van der Waals surface area contributed by atoms with E-state index in [4.69, 9.17) is 16.3 Å². The maximum atomic E-state index is 12.7. The van der Waals surface area contributed by atoms with E-state index in [1.54, 1.807) is 30.5 Å². The molecule has 0 saturated heterocycles. The number of nitrogens with zero attached hydrogens (tertiary/aromatic N) is 1. The van der Waals surface area contributed by atoms with Gasteiger partial charge in [0.2, 0.25) is 11.8 Å². The molecular formula is C28H27ClN4O4. The molecule has 0 unspecified atom stereocenters. The number of esters is 1. The molecule has 0 fully saturated rings. The summed E-state index contributed by atoms with van der Waals surface area (Å²) in [7, 11) is 1.34. The monoisotopic (exact) mass is 518 g/mol. The highest BCUT2D eigenvalue weighted by molar-refractivity contribution is 6.30. The van der Waals surface area contributed by atoms with Crippen LogP contribution >= 0.6 is 11.6 Å². The molecular weight excluding hydrogens is 492 g/mol. The number of carbonyl (C=O) groups is 3. The fourth-order valence-corrected chi connectivity index (χ4v) is 4.15. The van der Waals surface area contributed by atoms with Crippen LogP contribution < -0.4 is 10.6 Å². The van der Waals surface area contributed by atoms with E-state index in [1.807, 2.05) is 36.4 Å². The van der Waals surface area contributed by atoms with Gasteiger partial charge >= 0.3 is 5.97 Å². The van der Waals surface area contributed by atoms with Gasteiger partial charge in [-0.1, -0.05) is 48.0 Å². The number of hydrogen-bond donors (Lipinski definition) is 3. The van der Waals surface area contributed by atoms with E-state index in [1.165, 1.54) is 13.2 Å². The number of methoxy groups -OCH3 is 1. The van der Waals surface area contributed by atoms with E-state index in [-0.39, 0.29) is 24.2 Å². The van der Waals surface area contributed by atoms with Crippen molar-refractivity contribution in [3.63, 3.8) is 0 Å². The lowest BCUT2D eigenvalue weighted by molar-refractivity contribution is -0.139. The van der Waals surface area contributed by atoms with Crippen molar-refractivity contribution in [1.82, 2.24) is 15.3 Å². The molecule has 0 aliphatic carbocycles. The molecule has 4 rings (SSSR count). The third kappa shape index (κ3) is 7.17. The van der Waals surface area contributed by atoms with Crippen LogP contribution in [0.15, 0.2) is 66.9 Å². The van der Waals surface area contributed by atoms with Crippen LogP contribution in [0.3, 0.4) is 0 Å². The number of nitrogens with one attached hydrogen (secondary N) is 3. The Kier molecular flexibility index (Phi) is 8.53. The van der Waals surface area contributed by atoms with Crippen molar-refractivity contribution in [2.45, 2.75) is 31.7 Å². The topological polar surface area (TPSA) is 113 Å². The molecule has 8 nitrogen and oxygen atoms in total. The fraction of sp³-hybridized carbons (Fsp3) is 0.214. The first-order valence-electron chi connectivity index (χ1n) is 11.9. The number of allylic oxidation sites excluding steroid dienone is 1. The molecule has 0 spiro atoms. The molecule has 1 aliphatic rings. The van der Waals surface area contributed by atoms with E-state index >= 15 is 0 Å². The van der Waals surface area contributed by atoms with Gasteiger partial charge in [0, 0.05) is 23.1 Å². The number of carbonyl (C=O) groups excluding carboxylic acids is 3. The van der Waals surface area contributed by atoms with Crippen molar-refractivity contribution in [2.24, 2.45) is 0 Å². The SMILES string of the molecule is COC(=O)Cc1ccc2c(c1)NC(=O)CC/C=C/C[C@H](NC(=O)/C=C/c1cccc(Cl)c1)c1ncc-2[nH]1. The zero-order valence-electron chi connectivity index (χ0n) is 20.3. The summed E-state index contributed by atoms with van der Waals surface area (Å²) >= 11 is 6.02. The van der Waals surface area contributed by atoms with Gasteiger partial charge in [0.15, 0.2) is 0 Å². The van der Waals surface area contributed by atoms with Gasteiger partial charge in [-0.2, -0.15) is 0 Å². The van der Waals surface area contributed by atoms with Crippen LogP contribution in [0.4, 0.5) is 5.69 Å². The summed E-state index contributed by atoms with van der Waals surface area (Å²) in [5.74, 6) is -0.200. The van der Waals surface area contributed by atoms with Crippen LogP contribution in [-0.2, 0) is 25.5 Å². The highest BCUT2D eigenvalue weighted by atomic mass is 35.5. The standard InChI is InChI=1S/C28H27ClN4O4/c1-37-27(36)16-19-10-12-21-23(15-19)32-25(34)9-4-2-3-8-22(28-30-17-24(21)33-28)31-26(35)13-11-18-6-5-7-20(29)14-18/h2-3,5-7,10-15,17,22H,4,8-9,16H2,1H3,(H,30,33)(H,31,35)(H,32,34)/b3-2+,13-11+/t22-/m0/s1. The molecule has 3 aromatic rings. The molecule has 2 aromatic carbocycles. The average Bonchev–Trinajstić information content (AvgIpc) is 3.36. The molecule has 190 valence electrons. The average molecular weight is 519 g/mol. The number of ether oxygens (including phenoxy) is 1. The molecule has 1 aliphatic heterocycles. The van der Waals surface area contributed by atoms with E-state index < -0.39 is 6.04 Å². The fourth-order valence-electron chi connectivity index (χ4n) is 3.95. The number of aromatic amines is 1. The number of aromatic nitrogens is 2. The minimum absolute atomic E-state index is 0.0907. The predicted molar refractivity (Wildman–Crippen MR) is 143 cm³/mol. The Balaban J connectivity index is 1.60. The normalized spacial score (nSPS) is 16.5. The molecule has 0 radical (unpaired) electrons. The second kappa shape index (κ2) is 12.2. The number of H-pyrrole nitrogens is 1. The summed E-state index contributed by atoms with van der Waals surface area (Å²) in [6.07, 6.45) is 10.1. The van der Waals surface area contributed by atoms with Crippen molar-refractivity contribution in [1.29, 1.82) is 0 Å². The smallest absolute Gasteiger partial charge is 0.309 e. The van der Waals surface area contributed by atoms with Gasteiger partial charge < -0.3 is 20.4 Å². The minimum Gasteiger partial charge on any atom is -0.469 e. The second-order valence-corrected chi connectivity index (χ2v) is 8.99. The van der Waals surface area contributed by atoms with Crippen LogP contribution in [0.25, 0.3) is 17.3 Å². The van der Waals surface area contributed by atoms with Gasteiger partial charge in [-0.15, -0.1) is 0 Å². The van der Waals surface area contributed by atoms with Crippen molar-refractivity contribution >= 4 is 41.1 Å². The lowest BCUT2D eigenvalue weighted by Crippen LogP contribution is -2.27. The molecule has 1 atom stereocenters. The van der Waals surface area contributed by atoms with Crippen LogP contribution in [0.2, 0.25) is 5.02 Å². The van der Waals surface area contributed by atoms with Crippen LogP contribution in [0.1, 0.15) is 42.3 Å². The van der Waals surface area contributed by atoms with Crippen LogP contribution in [-0.4, -0.2) is 34.9 Å². The number of amides is 2. The Morgan fingerprint density at radius 3 is 2.89 bits per heavy atom. The quantitative estimate of drug-likeness (QED) is 0.250. The van der Waals surface area contributed by atoms with E-state index in [0.29, 0.717) is 47.1 Å². The van der Waals surface area contributed by atoms with Gasteiger partial charge in [-0.05, 0) is 48.2 Å². The Hall–Kier alpha value is -4.17. The van der Waals surface area contributed by atoms with Crippen molar-refractivity contribution in [3.05, 3.63) is 88.9 Å². The summed E-state index contributed by atoms with van der Waals surface area (Å²) < 4.78 is 4.76. The number of imidazole rings is 1. The molecule has 9 heteroatoms. The summed E-state index contributed by atoms with van der Waals surface area (Å²) in [5.41, 5.74) is 3.49. The molecule has 3 N–H and O–H groups in total. The first kappa shape index (κ1) is 25.9. The molecule has 0 saturated carbocycles. The van der Waals surface area contributed by atoms with Crippen molar-refractivity contribution in [2.75, 3.05) is 12.4 Å². The summed E-state index contributed by atoms with van der Waals surface area (Å²) in [5, 5.41) is 6.54. The number of anilines is 1. The third-order valence-corrected chi connectivity index (χ3v) is 6.05. The molecule has 2 amide bonds. The van der Waals surface area contributed by atoms with Gasteiger partial charge in [-0.3, -0.25) is 14.4 Å². The van der Waals surface area contributed by atoms with Gasteiger partial charge in [0.1, 0.15) is 5.82 Å². The number of halogens is 1. The van der Waals surface area contributed by atoms with Gasteiger partial charge in [0.05, 0.1) is 37.2 Å². The number of rotatable bonds is 5. The first-order valence-corrected chi connectivity index (χ1v) is 12.2. The highest BCUT2D eigenvalue weighted by Gasteiger charge is 2.19. The highest BCUT2D eigenvalue weighted by Crippen LogP contribution is 2.30. The summed E-state index contributed by atoms with van der Waals surface area (Å²) in [4.78, 5) is 44.9. The number of benzene rings is 2. The zero-order valence-corrected chi connectivity index (χ0v) is 21.0. The minimum atomic E-state index is -0.409. The zero-order chi connectivity index (χ0) is 26.2. The number of fused-ring (bicyclic) bond motifs is 4.